The van der Waals surface area contributed by atoms with Gasteiger partial charge in [-0.15, -0.1) is 0 Å². The van der Waals surface area contributed by atoms with Gasteiger partial charge in [0.1, 0.15) is 23.1 Å². The number of rotatable bonds is 3. The second kappa shape index (κ2) is 6.72. The maximum Gasteiger partial charge on any atom is 0.226 e. The zero-order chi connectivity index (χ0) is 17.2. The van der Waals surface area contributed by atoms with E-state index in [1.165, 1.54) is 6.33 Å². The molecule has 8 heteroatoms. The van der Waals surface area contributed by atoms with Crippen molar-refractivity contribution in [3.63, 3.8) is 0 Å². The molecule has 0 bridgehead atoms. The van der Waals surface area contributed by atoms with Gasteiger partial charge in [-0.05, 0) is 18.2 Å². The molecule has 25 heavy (non-hydrogen) atoms. The van der Waals surface area contributed by atoms with Gasteiger partial charge < -0.3 is 10.2 Å². The lowest BCUT2D eigenvalue weighted by Crippen LogP contribution is -2.34. The van der Waals surface area contributed by atoms with Crippen molar-refractivity contribution in [3.8, 4) is 0 Å². The highest BCUT2D eigenvalue weighted by molar-refractivity contribution is 9.10. The van der Waals surface area contributed by atoms with Crippen molar-refractivity contribution in [2.45, 2.75) is 12.8 Å². The number of nitrogens with zero attached hydrogens (tertiary/aromatic N) is 5. The number of fused-ring (bicyclic) bond motifs is 1. The second-order valence-electron chi connectivity index (χ2n) is 5.79. The van der Waals surface area contributed by atoms with E-state index in [2.05, 4.69) is 41.2 Å². The van der Waals surface area contributed by atoms with Crippen molar-refractivity contribution in [2.24, 2.45) is 0 Å². The average Bonchev–Trinajstić information content (AvgIpc) is 2.62. The van der Waals surface area contributed by atoms with Crippen LogP contribution in [0.15, 0.2) is 41.3 Å². The first kappa shape index (κ1) is 15.9. The zero-order valence-electron chi connectivity index (χ0n) is 13.3. The van der Waals surface area contributed by atoms with E-state index in [9.17, 15) is 4.79 Å². The number of aromatic nitrogens is 4. The summed E-state index contributed by atoms with van der Waals surface area (Å²) in [6, 6.07) is 7.82. The molecule has 0 radical (unpaired) electrons. The first-order valence-corrected chi connectivity index (χ1v) is 8.75. The SMILES string of the molecule is O=C1CCN(c2ncc3ncnc(Nc4cccc(Br)c4)c3n2)CC1. The summed E-state index contributed by atoms with van der Waals surface area (Å²) in [4.78, 5) is 31.1. The molecule has 0 aliphatic carbocycles. The Morgan fingerprint density at radius 1 is 1.12 bits per heavy atom. The molecule has 1 saturated heterocycles. The van der Waals surface area contributed by atoms with Gasteiger partial charge >= 0.3 is 0 Å². The molecule has 2 aromatic heterocycles. The van der Waals surface area contributed by atoms with E-state index in [-0.39, 0.29) is 5.78 Å². The molecule has 126 valence electrons. The Hall–Kier alpha value is -2.61. The number of halogens is 1. The minimum atomic E-state index is 0.289. The lowest BCUT2D eigenvalue weighted by atomic mass is 10.1. The molecule has 0 amide bonds. The molecule has 0 saturated carbocycles. The number of carbonyl (C=O) groups excluding carboxylic acids is 1. The standard InChI is InChI=1S/C17H15BrN6O/c18-11-2-1-3-12(8-11)22-16-15-14(20-10-21-16)9-19-17(23-15)24-6-4-13(25)5-7-24/h1-3,8-10H,4-7H2,(H,20,21,22). The van der Waals surface area contributed by atoms with Crippen molar-refractivity contribution < 1.29 is 4.79 Å². The van der Waals surface area contributed by atoms with Crippen LogP contribution < -0.4 is 10.2 Å². The maximum atomic E-state index is 11.4. The van der Waals surface area contributed by atoms with Crippen molar-refractivity contribution in [1.82, 2.24) is 19.9 Å². The summed E-state index contributed by atoms with van der Waals surface area (Å²) >= 11 is 3.46. The Bertz CT molecular complexity index is 937. The van der Waals surface area contributed by atoms with E-state index >= 15 is 0 Å². The molecule has 7 nitrogen and oxygen atoms in total. The Labute approximate surface area is 152 Å². The Morgan fingerprint density at radius 2 is 1.96 bits per heavy atom. The third kappa shape index (κ3) is 3.43. The van der Waals surface area contributed by atoms with Crippen molar-refractivity contribution >= 4 is 50.2 Å². The molecule has 1 N–H and O–H groups in total. The molecular weight excluding hydrogens is 384 g/mol. The average molecular weight is 399 g/mol. The maximum absolute atomic E-state index is 11.4. The molecule has 0 atom stereocenters. The fourth-order valence-electron chi connectivity index (χ4n) is 2.75. The van der Waals surface area contributed by atoms with Crippen molar-refractivity contribution in [2.75, 3.05) is 23.3 Å². The summed E-state index contributed by atoms with van der Waals surface area (Å²) in [5, 5.41) is 3.28. The van der Waals surface area contributed by atoms with Crippen LogP contribution in [0.4, 0.5) is 17.5 Å². The highest BCUT2D eigenvalue weighted by Crippen LogP contribution is 2.25. The van der Waals surface area contributed by atoms with E-state index < -0.39 is 0 Å². The third-order valence-electron chi connectivity index (χ3n) is 4.06. The Balaban J connectivity index is 1.69. The Morgan fingerprint density at radius 3 is 2.76 bits per heavy atom. The number of nitrogens with one attached hydrogen (secondary N) is 1. The largest absolute Gasteiger partial charge is 0.340 e. The predicted molar refractivity (Wildman–Crippen MR) is 99.0 cm³/mol. The quantitative estimate of drug-likeness (QED) is 0.725. The number of benzene rings is 1. The number of hydrogen-bond donors (Lipinski definition) is 1. The van der Waals surface area contributed by atoms with E-state index in [0.717, 1.165) is 10.2 Å². The van der Waals surface area contributed by atoms with E-state index in [4.69, 9.17) is 0 Å². The van der Waals surface area contributed by atoms with Crippen LogP contribution >= 0.6 is 15.9 Å². The summed E-state index contributed by atoms with van der Waals surface area (Å²) in [5.41, 5.74) is 2.23. The predicted octanol–water partition coefficient (Wildman–Crippen LogP) is 3.10. The van der Waals surface area contributed by atoms with Gasteiger partial charge in [0.05, 0.1) is 6.20 Å². The van der Waals surface area contributed by atoms with Crippen molar-refractivity contribution in [1.29, 1.82) is 0 Å². The van der Waals surface area contributed by atoms with Crippen molar-refractivity contribution in [3.05, 3.63) is 41.3 Å². The van der Waals surface area contributed by atoms with Crippen LogP contribution in [0.5, 0.6) is 0 Å². The van der Waals surface area contributed by atoms with Gasteiger partial charge in [0.2, 0.25) is 5.95 Å². The van der Waals surface area contributed by atoms with Crippen LogP contribution in [0.3, 0.4) is 0 Å². The fraction of sp³-hybridized carbons (Fsp3) is 0.235. The highest BCUT2D eigenvalue weighted by atomic mass is 79.9. The molecule has 0 unspecified atom stereocenters. The molecule has 3 heterocycles. The highest BCUT2D eigenvalue weighted by Gasteiger charge is 2.19. The number of hydrogen-bond acceptors (Lipinski definition) is 7. The van der Waals surface area contributed by atoms with Gasteiger partial charge in [0, 0.05) is 36.1 Å². The minimum Gasteiger partial charge on any atom is -0.340 e. The summed E-state index contributed by atoms with van der Waals surface area (Å²) in [7, 11) is 0. The van der Waals surface area contributed by atoms with Gasteiger partial charge in [0.15, 0.2) is 5.82 Å². The Kier molecular flexibility index (Phi) is 4.27. The van der Waals surface area contributed by atoms with E-state index in [1.54, 1.807) is 6.20 Å². The number of ketones is 1. The number of Topliss-reactive ketones (excluding diaryl/α,β-unsaturated/α-hetero) is 1. The second-order valence-corrected chi connectivity index (χ2v) is 6.70. The van der Waals surface area contributed by atoms with E-state index in [0.29, 0.717) is 48.7 Å². The van der Waals surface area contributed by atoms with Crippen LogP contribution in [-0.2, 0) is 4.79 Å². The lowest BCUT2D eigenvalue weighted by Gasteiger charge is -2.25. The van der Waals surface area contributed by atoms with Gasteiger partial charge in [0.25, 0.3) is 0 Å². The van der Waals surface area contributed by atoms with Gasteiger partial charge in [-0.1, -0.05) is 22.0 Å². The molecule has 1 fully saturated rings. The number of anilines is 3. The molecule has 1 aliphatic rings. The fourth-order valence-corrected chi connectivity index (χ4v) is 3.15. The topological polar surface area (TPSA) is 83.9 Å². The van der Waals surface area contributed by atoms with Crippen LogP contribution in [0.1, 0.15) is 12.8 Å². The molecular formula is C17H15BrN6O. The molecule has 3 aromatic rings. The number of carbonyl (C=O) groups is 1. The molecule has 1 aromatic carbocycles. The van der Waals surface area contributed by atoms with Crippen LogP contribution in [0, 0.1) is 0 Å². The smallest absolute Gasteiger partial charge is 0.226 e. The molecule has 0 spiro atoms. The summed E-state index contributed by atoms with van der Waals surface area (Å²) in [6.07, 6.45) is 4.26. The van der Waals surface area contributed by atoms with Crippen LogP contribution in [0.2, 0.25) is 0 Å². The van der Waals surface area contributed by atoms with Gasteiger partial charge in [-0.25, -0.2) is 19.9 Å². The monoisotopic (exact) mass is 398 g/mol. The van der Waals surface area contributed by atoms with E-state index in [1.807, 2.05) is 29.2 Å². The lowest BCUT2D eigenvalue weighted by molar-refractivity contribution is -0.119. The first-order chi connectivity index (χ1) is 12.2. The number of piperidine rings is 1. The van der Waals surface area contributed by atoms with Gasteiger partial charge in [-0.3, -0.25) is 4.79 Å². The normalized spacial score (nSPS) is 14.8. The molecule has 1 aliphatic heterocycles. The van der Waals surface area contributed by atoms with Crippen LogP contribution in [-0.4, -0.2) is 38.8 Å². The zero-order valence-corrected chi connectivity index (χ0v) is 14.9. The minimum absolute atomic E-state index is 0.289. The summed E-state index contributed by atoms with van der Waals surface area (Å²) in [6.45, 7) is 1.29. The first-order valence-electron chi connectivity index (χ1n) is 7.96. The summed E-state index contributed by atoms with van der Waals surface area (Å²) < 4.78 is 0.976. The summed E-state index contributed by atoms with van der Waals surface area (Å²) in [5.74, 6) is 1.52. The molecule has 4 rings (SSSR count). The third-order valence-corrected chi connectivity index (χ3v) is 4.55. The van der Waals surface area contributed by atoms with Crippen LogP contribution in [0.25, 0.3) is 11.0 Å². The van der Waals surface area contributed by atoms with Gasteiger partial charge in [-0.2, -0.15) is 0 Å².